The molecule has 0 spiro atoms. The average molecular weight is 514 g/mol. The summed E-state index contributed by atoms with van der Waals surface area (Å²) in [6.45, 7) is 2.52. The third-order valence-corrected chi connectivity index (χ3v) is 5.27. The first-order valence-electron chi connectivity index (χ1n) is 10.8. The molecule has 0 radical (unpaired) electrons. The van der Waals surface area contributed by atoms with E-state index in [-0.39, 0.29) is 36.1 Å². The summed E-state index contributed by atoms with van der Waals surface area (Å²) in [4.78, 5) is 27.0. The van der Waals surface area contributed by atoms with Gasteiger partial charge in [0.1, 0.15) is 12.1 Å². The average Bonchev–Trinajstić information content (AvgIpc) is 3.19. The van der Waals surface area contributed by atoms with Crippen LogP contribution >= 0.6 is 0 Å². The normalized spacial score (nSPS) is 19.5. The number of azide groups is 2. The first-order valence-corrected chi connectivity index (χ1v) is 10.8. The van der Waals surface area contributed by atoms with Crippen LogP contribution in [0.1, 0.15) is 13.8 Å². The Labute approximate surface area is 209 Å². The Bertz CT molecular complexity index is 1150. The van der Waals surface area contributed by atoms with Crippen molar-refractivity contribution >= 4 is 11.4 Å². The zero-order valence-corrected chi connectivity index (χ0v) is 19.7. The highest BCUT2D eigenvalue weighted by molar-refractivity contribution is 5.46. The Kier molecular flexibility index (Phi) is 8.66. The molecule has 3 rings (SSSR count). The molecule has 1 aliphatic rings. The molecular formula is C21H22N8O8. The Morgan fingerprint density at radius 1 is 0.865 bits per heavy atom. The van der Waals surface area contributed by atoms with Gasteiger partial charge in [-0.05, 0) is 37.0 Å². The summed E-state index contributed by atoms with van der Waals surface area (Å²) >= 11 is 0. The summed E-state index contributed by atoms with van der Waals surface area (Å²) < 4.78 is 23.1. The molecule has 37 heavy (non-hydrogen) atoms. The molecule has 4 atom stereocenters. The Hall–Kier alpha value is -4.62. The van der Waals surface area contributed by atoms with Crippen LogP contribution in [0.5, 0.6) is 11.5 Å². The van der Waals surface area contributed by atoms with Gasteiger partial charge in [-0.25, -0.2) is 0 Å². The maximum atomic E-state index is 11.3. The largest absolute Gasteiger partial charge is 0.486 e. The van der Waals surface area contributed by atoms with Crippen LogP contribution in [0.2, 0.25) is 0 Å². The van der Waals surface area contributed by atoms with E-state index in [4.69, 9.17) is 30.0 Å². The van der Waals surface area contributed by atoms with E-state index < -0.39 is 39.9 Å². The van der Waals surface area contributed by atoms with Gasteiger partial charge in [-0.3, -0.25) is 20.2 Å². The second-order valence-corrected chi connectivity index (χ2v) is 8.18. The molecule has 0 saturated carbocycles. The van der Waals surface area contributed by atoms with Crippen LogP contribution in [0.15, 0.2) is 58.8 Å². The van der Waals surface area contributed by atoms with Crippen LogP contribution in [0.3, 0.4) is 0 Å². The van der Waals surface area contributed by atoms with Gasteiger partial charge in [-0.1, -0.05) is 34.5 Å². The quantitative estimate of drug-likeness (QED) is 0.125. The summed E-state index contributed by atoms with van der Waals surface area (Å²) in [5, 5.41) is 30.0. The van der Waals surface area contributed by atoms with Gasteiger partial charge in [0, 0.05) is 22.0 Å². The topological polar surface area (TPSA) is 221 Å². The summed E-state index contributed by atoms with van der Waals surface area (Å²) in [5.41, 5.74) is 17.7. The number of rotatable bonds is 12. The van der Waals surface area contributed by atoms with E-state index in [2.05, 4.69) is 20.1 Å². The fraction of sp³-hybridized carbons (Fsp3) is 0.429. The third-order valence-electron chi connectivity index (χ3n) is 5.27. The van der Waals surface area contributed by atoms with Crippen molar-refractivity contribution in [2.75, 3.05) is 13.2 Å². The smallest absolute Gasteiger partial charge is 0.310 e. The van der Waals surface area contributed by atoms with Crippen molar-refractivity contribution in [1.82, 2.24) is 0 Å². The number of nitrogens with zero attached hydrogens (tertiary/aromatic N) is 8. The SMILES string of the molecule is CC1(C)O[C@H]([C@H](COc2ccccc2[N+](=O)[O-])N=[N+]=[N-])[C@@H]([C@H](COc2ccccc2[N+](=O)[O-])N=[N+]=[N-])O1. The second kappa shape index (κ2) is 11.9. The number of hydrogen-bond acceptors (Lipinski definition) is 10. The molecule has 1 fully saturated rings. The van der Waals surface area contributed by atoms with Gasteiger partial charge in [0.25, 0.3) is 0 Å². The van der Waals surface area contributed by atoms with Crippen LogP contribution in [-0.2, 0) is 9.47 Å². The molecule has 1 aliphatic heterocycles. The number of hydrogen-bond donors (Lipinski definition) is 0. The predicted octanol–water partition coefficient (Wildman–Crippen LogP) is 4.84. The van der Waals surface area contributed by atoms with Crippen LogP contribution in [0.4, 0.5) is 11.4 Å². The highest BCUT2D eigenvalue weighted by atomic mass is 16.8. The highest BCUT2D eigenvalue weighted by Crippen LogP contribution is 2.35. The maximum absolute atomic E-state index is 11.3. The Balaban J connectivity index is 1.85. The molecule has 0 aliphatic carbocycles. The minimum atomic E-state index is -1.21. The fourth-order valence-electron chi connectivity index (χ4n) is 3.74. The number of para-hydroxylation sites is 4. The molecule has 0 unspecified atom stereocenters. The summed E-state index contributed by atoms with van der Waals surface area (Å²) in [5.74, 6) is -1.31. The van der Waals surface area contributed by atoms with E-state index >= 15 is 0 Å². The monoisotopic (exact) mass is 514 g/mol. The molecule has 16 heteroatoms. The molecule has 0 N–H and O–H groups in total. The van der Waals surface area contributed by atoms with Gasteiger partial charge in [-0.15, -0.1) is 0 Å². The van der Waals surface area contributed by atoms with Crippen molar-refractivity contribution in [1.29, 1.82) is 0 Å². The van der Waals surface area contributed by atoms with Crippen LogP contribution in [0.25, 0.3) is 20.9 Å². The molecule has 0 bridgehead atoms. The van der Waals surface area contributed by atoms with E-state index in [1.807, 2.05) is 0 Å². The van der Waals surface area contributed by atoms with Crippen LogP contribution in [-0.4, -0.2) is 53.1 Å². The van der Waals surface area contributed by atoms with Crippen molar-refractivity contribution < 1.29 is 28.8 Å². The lowest BCUT2D eigenvalue weighted by atomic mass is 10.0. The second-order valence-electron chi connectivity index (χ2n) is 8.18. The van der Waals surface area contributed by atoms with Gasteiger partial charge < -0.3 is 18.9 Å². The standard InChI is InChI=1S/C21H22N8O8/c1-21(2)36-19(13(24-26-22)11-34-17-9-5-3-7-15(17)28(30)31)20(37-21)14(25-27-23)12-35-18-10-6-4-8-16(18)29(32)33/h3-10,13-14,19-20H,11-12H2,1-2H3/t13-,14-,19+,20+/m0/s1. The van der Waals surface area contributed by atoms with Crippen molar-refractivity contribution in [3.8, 4) is 11.5 Å². The van der Waals surface area contributed by atoms with Crippen molar-refractivity contribution in [3.05, 3.63) is 89.6 Å². The van der Waals surface area contributed by atoms with Crippen molar-refractivity contribution in [3.63, 3.8) is 0 Å². The molecule has 194 valence electrons. The zero-order valence-electron chi connectivity index (χ0n) is 19.7. The number of ether oxygens (including phenoxy) is 4. The maximum Gasteiger partial charge on any atom is 0.310 e. The summed E-state index contributed by atoms with van der Waals surface area (Å²) in [7, 11) is 0. The van der Waals surface area contributed by atoms with Crippen molar-refractivity contribution in [2.24, 2.45) is 10.2 Å². The van der Waals surface area contributed by atoms with E-state index in [1.165, 1.54) is 36.4 Å². The molecule has 2 aromatic rings. The molecule has 1 saturated heterocycles. The third kappa shape index (κ3) is 6.74. The minimum absolute atomic E-state index is 0.0494. The van der Waals surface area contributed by atoms with Gasteiger partial charge in [-0.2, -0.15) is 0 Å². The van der Waals surface area contributed by atoms with Gasteiger partial charge in [0.05, 0.1) is 35.3 Å². The number of nitro benzene ring substituents is 2. The zero-order chi connectivity index (χ0) is 27.0. The first kappa shape index (κ1) is 27.0. The lowest BCUT2D eigenvalue weighted by Gasteiger charge is -2.26. The predicted molar refractivity (Wildman–Crippen MR) is 127 cm³/mol. The summed E-state index contributed by atoms with van der Waals surface area (Å²) in [6, 6.07) is 9.21. The van der Waals surface area contributed by atoms with E-state index in [0.717, 1.165) is 0 Å². The van der Waals surface area contributed by atoms with E-state index in [0.29, 0.717) is 0 Å². The molecular weight excluding hydrogens is 492 g/mol. The number of nitro groups is 2. The molecule has 2 aromatic carbocycles. The fourth-order valence-corrected chi connectivity index (χ4v) is 3.74. The Morgan fingerprint density at radius 2 is 1.24 bits per heavy atom. The molecule has 1 heterocycles. The van der Waals surface area contributed by atoms with E-state index in [1.54, 1.807) is 26.0 Å². The highest BCUT2D eigenvalue weighted by Gasteiger charge is 2.48. The van der Waals surface area contributed by atoms with Crippen LogP contribution < -0.4 is 9.47 Å². The molecule has 16 nitrogen and oxygen atoms in total. The van der Waals surface area contributed by atoms with E-state index in [9.17, 15) is 20.2 Å². The van der Waals surface area contributed by atoms with Crippen LogP contribution in [0, 0.1) is 20.2 Å². The lowest BCUT2D eigenvalue weighted by molar-refractivity contribution is -0.386. The van der Waals surface area contributed by atoms with Gasteiger partial charge in [0.2, 0.25) is 0 Å². The molecule has 0 amide bonds. The van der Waals surface area contributed by atoms with Crippen molar-refractivity contribution in [2.45, 2.75) is 43.9 Å². The lowest BCUT2D eigenvalue weighted by Crippen LogP contribution is -2.45. The first-order chi connectivity index (χ1) is 17.7. The summed E-state index contributed by atoms with van der Waals surface area (Å²) in [6.07, 6.45) is -2.06. The Morgan fingerprint density at radius 3 is 1.59 bits per heavy atom. The molecule has 0 aromatic heterocycles. The van der Waals surface area contributed by atoms with Gasteiger partial charge >= 0.3 is 11.4 Å². The number of benzene rings is 2. The minimum Gasteiger partial charge on any atom is -0.486 e. The van der Waals surface area contributed by atoms with Gasteiger partial charge in [0.15, 0.2) is 17.3 Å².